The first-order valence-corrected chi connectivity index (χ1v) is 7.73. The summed E-state index contributed by atoms with van der Waals surface area (Å²) in [4.78, 5) is 0. The third-order valence-corrected chi connectivity index (χ3v) is 3.91. The van der Waals surface area contributed by atoms with Crippen molar-refractivity contribution in [3.63, 3.8) is 0 Å². The van der Waals surface area contributed by atoms with E-state index in [-0.39, 0.29) is 0 Å². The van der Waals surface area contributed by atoms with Gasteiger partial charge in [0.05, 0.1) is 17.6 Å². The molecule has 0 unspecified atom stereocenters. The molecule has 6 heteroatoms. The van der Waals surface area contributed by atoms with E-state index in [1.807, 2.05) is 22.9 Å². The molecule has 102 valence electrons. The van der Waals surface area contributed by atoms with Gasteiger partial charge in [0.15, 0.2) is 0 Å². The largest absolute Gasteiger partial charge is 0.311 e. The molecule has 0 saturated heterocycles. The molecule has 0 radical (unpaired) electrons. The van der Waals surface area contributed by atoms with Gasteiger partial charge in [0.1, 0.15) is 0 Å². The number of halogens is 2. The average molecular weight is 388 g/mol. The van der Waals surface area contributed by atoms with Gasteiger partial charge in [-0.3, -0.25) is 0 Å². The molecule has 0 aliphatic rings. The van der Waals surface area contributed by atoms with Crippen LogP contribution in [0.4, 0.5) is 0 Å². The maximum absolute atomic E-state index is 4.17. The molecule has 4 nitrogen and oxygen atoms in total. The summed E-state index contributed by atoms with van der Waals surface area (Å²) in [7, 11) is 0. The highest BCUT2D eigenvalue weighted by Crippen LogP contribution is 2.29. The molecule has 1 aromatic heterocycles. The van der Waals surface area contributed by atoms with Crippen LogP contribution in [0.3, 0.4) is 0 Å². The minimum atomic E-state index is 0.625. The van der Waals surface area contributed by atoms with E-state index in [2.05, 4.69) is 61.3 Å². The first-order chi connectivity index (χ1) is 9.09. The Hall–Kier alpha value is -0.720. The molecule has 0 aliphatic heterocycles. The van der Waals surface area contributed by atoms with Crippen molar-refractivity contribution in [3.05, 3.63) is 39.0 Å². The minimum absolute atomic E-state index is 0.625. The van der Waals surface area contributed by atoms with E-state index in [0.29, 0.717) is 5.92 Å². The van der Waals surface area contributed by atoms with Gasteiger partial charge in [-0.05, 0) is 56.5 Å². The van der Waals surface area contributed by atoms with Crippen LogP contribution < -0.4 is 5.32 Å². The average Bonchev–Trinajstić information content (AvgIpc) is 2.77. The van der Waals surface area contributed by atoms with Gasteiger partial charge >= 0.3 is 0 Å². The lowest BCUT2D eigenvalue weighted by atomic mass is 10.2. The monoisotopic (exact) mass is 386 g/mol. The van der Waals surface area contributed by atoms with Crippen molar-refractivity contribution in [2.45, 2.75) is 20.4 Å². The van der Waals surface area contributed by atoms with Crippen LogP contribution >= 0.6 is 31.9 Å². The van der Waals surface area contributed by atoms with Crippen molar-refractivity contribution in [2.24, 2.45) is 5.92 Å². The lowest BCUT2D eigenvalue weighted by Crippen LogP contribution is -2.21. The minimum Gasteiger partial charge on any atom is -0.311 e. The normalized spacial score (nSPS) is 11.2. The van der Waals surface area contributed by atoms with Gasteiger partial charge in [-0.2, -0.15) is 0 Å². The van der Waals surface area contributed by atoms with E-state index in [1.54, 1.807) is 6.20 Å². The van der Waals surface area contributed by atoms with Gasteiger partial charge in [-0.25, -0.2) is 4.68 Å². The highest BCUT2D eigenvalue weighted by Gasteiger charge is 2.12. The smallest absolute Gasteiger partial charge is 0.0951 e. The number of benzene rings is 1. The summed E-state index contributed by atoms with van der Waals surface area (Å²) in [5, 5.41) is 11.6. The molecule has 0 bridgehead atoms. The molecule has 1 heterocycles. The molecule has 19 heavy (non-hydrogen) atoms. The van der Waals surface area contributed by atoms with Gasteiger partial charge in [0.2, 0.25) is 0 Å². The molecule has 0 atom stereocenters. The molecule has 0 spiro atoms. The summed E-state index contributed by atoms with van der Waals surface area (Å²) in [6.07, 6.45) is 1.79. The Morgan fingerprint density at radius 3 is 2.58 bits per heavy atom. The molecular weight excluding hydrogens is 372 g/mol. The SMILES string of the molecule is CC(C)CNCc1cnnn1-c1c(Br)cccc1Br. The fourth-order valence-corrected chi connectivity index (χ4v) is 3.08. The zero-order valence-corrected chi connectivity index (χ0v) is 14.1. The zero-order chi connectivity index (χ0) is 13.8. The van der Waals surface area contributed by atoms with Crippen molar-refractivity contribution < 1.29 is 0 Å². The molecular formula is C13H16Br2N4. The van der Waals surface area contributed by atoms with E-state index in [0.717, 1.165) is 33.4 Å². The summed E-state index contributed by atoms with van der Waals surface area (Å²) >= 11 is 7.11. The summed E-state index contributed by atoms with van der Waals surface area (Å²) in [5.41, 5.74) is 2.01. The second-order valence-corrected chi connectivity index (χ2v) is 6.44. The first kappa shape index (κ1) is 14.7. The standard InChI is InChI=1S/C13H16Br2N4/c1-9(2)6-16-7-10-8-17-18-19(10)13-11(14)4-3-5-12(13)15/h3-5,8-9,16H,6-7H2,1-2H3. The van der Waals surface area contributed by atoms with Crippen LogP contribution in [0.2, 0.25) is 0 Å². The Balaban J connectivity index is 2.24. The van der Waals surface area contributed by atoms with Crippen molar-refractivity contribution in [1.82, 2.24) is 20.3 Å². The molecule has 0 amide bonds. The topological polar surface area (TPSA) is 42.7 Å². The maximum atomic E-state index is 4.17. The Labute approximate surface area is 129 Å². The van der Waals surface area contributed by atoms with Crippen LogP contribution in [0, 0.1) is 5.92 Å². The van der Waals surface area contributed by atoms with Crippen molar-refractivity contribution in [1.29, 1.82) is 0 Å². The highest BCUT2D eigenvalue weighted by molar-refractivity contribution is 9.11. The molecule has 0 saturated carbocycles. The number of hydrogen-bond acceptors (Lipinski definition) is 3. The Morgan fingerprint density at radius 1 is 1.26 bits per heavy atom. The molecule has 1 aromatic carbocycles. The Kier molecular flexibility index (Phi) is 5.13. The van der Waals surface area contributed by atoms with Gasteiger partial charge < -0.3 is 5.32 Å². The summed E-state index contributed by atoms with van der Waals surface area (Å²) in [6, 6.07) is 5.96. The number of aromatic nitrogens is 3. The van der Waals surface area contributed by atoms with Crippen molar-refractivity contribution >= 4 is 31.9 Å². The Bertz CT molecular complexity index is 531. The number of rotatable bonds is 5. The maximum Gasteiger partial charge on any atom is 0.0951 e. The van der Waals surface area contributed by atoms with Gasteiger partial charge in [0, 0.05) is 15.5 Å². The number of nitrogens with one attached hydrogen (secondary N) is 1. The molecule has 0 fully saturated rings. The zero-order valence-electron chi connectivity index (χ0n) is 10.9. The van der Waals surface area contributed by atoms with Gasteiger partial charge in [-0.1, -0.05) is 25.1 Å². The van der Waals surface area contributed by atoms with Crippen molar-refractivity contribution in [2.75, 3.05) is 6.54 Å². The summed E-state index contributed by atoms with van der Waals surface area (Å²) < 4.78 is 3.82. The second-order valence-electron chi connectivity index (χ2n) is 4.73. The first-order valence-electron chi connectivity index (χ1n) is 6.14. The molecule has 2 aromatic rings. The third kappa shape index (κ3) is 3.64. The number of nitrogens with zero attached hydrogens (tertiary/aromatic N) is 3. The van der Waals surface area contributed by atoms with Gasteiger partial charge in [-0.15, -0.1) is 5.10 Å². The fraction of sp³-hybridized carbons (Fsp3) is 0.385. The van der Waals surface area contributed by atoms with E-state index in [9.17, 15) is 0 Å². The fourth-order valence-electron chi connectivity index (χ4n) is 1.75. The van der Waals surface area contributed by atoms with Crippen LogP contribution in [-0.4, -0.2) is 21.5 Å². The van der Waals surface area contributed by atoms with Crippen LogP contribution in [0.1, 0.15) is 19.5 Å². The quantitative estimate of drug-likeness (QED) is 0.853. The summed E-state index contributed by atoms with van der Waals surface area (Å²) in [5.74, 6) is 0.625. The van der Waals surface area contributed by atoms with E-state index in [1.165, 1.54) is 0 Å². The van der Waals surface area contributed by atoms with E-state index >= 15 is 0 Å². The predicted molar refractivity (Wildman–Crippen MR) is 83.3 cm³/mol. The summed E-state index contributed by atoms with van der Waals surface area (Å²) in [6.45, 7) is 6.10. The van der Waals surface area contributed by atoms with Crippen LogP contribution in [0.25, 0.3) is 5.69 Å². The highest BCUT2D eigenvalue weighted by atomic mass is 79.9. The molecule has 2 rings (SSSR count). The predicted octanol–water partition coefficient (Wildman–Crippen LogP) is 3.54. The van der Waals surface area contributed by atoms with Gasteiger partial charge in [0.25, 0.3) is 0 Å². The second kappa shape index (κ2) is 6.63. The van der Waals surface area contributed by atoms with Crippen LogP contribution in [0.5, 0.6) is 0 Å². The van der Waals surface area contributed by atoms with Crippen LogP contribution in [0.15, 0.2) is 33.3 Å². The number of para-hydroxylation sites is 1. The van der Waals surface area contributed by atoms with Crippen LogP contribution in [-0.2, 0) is 6.54 Å². The molecule has 1 N–H and O–H groups in total. The number of hydrogen-bond donors (Lipinski definition) is 1. The van der Waals surface area contributed by atoms with E-state index in [4.69, 9.17) is 0 Å². The molecule has 0 aliphatic carbocycles. The Morgan fingerprint density at radius 2 is 1.95 bits per heavy atom. The van der Waals surface area contributed by atoms with Crippen molar-refractivity contribution in [3.8, 4) is 5.69 Å². The van der Waals surface area contributed by atoms with E-state index < -0.39 is 0 Å². The lowest BCUT2D eigenvalue weighted by molar-refractivity contribution is 0.542. The third-order valence-electron chi connectivity index (χ3n) is 2.63. The lowest BCUT2D eigenvalue weighted by Gasteiger charge is -2.11.